The molecule has 1 fully saturated rings. The second-order valence-electron chi connectivity index (χ2n) is 5.14. The summed E-state index contributed by atoms with van der Waals surface area (Å²) in [4.78, 5) is 10.9. The summed E-state index contributed by atoms with van der Waals surface area (Å²) in [5.41, 5.74) is -1.04. The van der Waals surface area contributed by atoms with E-state index in [0.29, 0.717) is 0 Å². The summed E-state index contributed by atoms with van der Waals surface area (Å²) in [5.74, 6) is 0. The molecular weight excluding hydrogens is 200 g/mol. The number of carbonyl (C=O) groups is 1. The van der Waals surface area contributed by atoms with Gasteiger partial charge in [-0.1, -0.05) is 27.2 Å². The van der Waals surface area contributed by atoms with E-state index in [1.807, 2.05) is 0 Å². The fourth-order valence-corrected chi connectivity index (χ4v) is 2.43. The van der Waals surface area contributed by atoms with Crippen molar-refractivity contribution in [3.05, 3.63) is 0 Å². The fourth-order valence-electron chi connectivity index (χ4n) is 2.28. The maximum Gasteiger partial charge on any atom is 0.404 e. The van der Waals surface area contributed by atoms with E-state index in [1.165, 1.54) is 6.42 Å². The van der Waals surface area contributed by atoms with Gasteiger partial charge in [-0.15, -0.1) is 0 Å². The molecule has 3 heteroatoms. The van der Waals surface area contributed by atoms with Crippen molar-refractivity contribution in [3.63, 3.8) is 0 Å². The van der Waals surface area contributed by atoms with Gasteiger partial charge >= 0.3 is 5.43 Å². The SMILES string of the molecule is CC(C)(C)C1(OC(=O)Cl)CCCCC1. The van der Waals surface area contributed by atoms with Crippen molar-refractivity contribution in [2.75, 3.05) is 0 Å². The zero-order valence-electron chi connectivity index (χ0n) is 9.23. The highest BCUT2D eigenvalue weighted by Crippen LogP contribution is 2.45. The number of hydrogen-bond acceptors (Lipinski definition) is 2. The molecule has 0 radical (unpaired) electrons. The van der Waals surface area contributed by atoms with Gasteiger partial charge in [0.2, 0.25) is 0 Å². The van der Waals surface area contributed by atoms with Crippen LogP contribution in [0, 0.1) is 5.41 Å². The first-order chi connectivity index (χ1) is 6.37. The third-order valence-corrected chi connectivity index (χ3v) is 3.38. The van der Waals surface area contributed by atoms with Crippen LogP contribution in [0.3, 0.4) is 0 Å². The maximum absolute atomic E-state index is 10.9. The summed E-state index contributed by atoms with van der Waals surface area (Å²) in [5, 5.41) is 0. The van der Waals surface area contributed by atoms with Crippen molar-refractivity contribution in [2.24, 2.45) is 5.41 Å². The molecule has 0 unspecified atom stereocenters. The van der Waals surface area contributed by atoms with Crippen LogP contribution in [0.4, 0.5) is 4.79 Å². The molecule has 1 saturated carbocycles. The van der Waals surface area contributed by atoms with E-state index in [9.17, 15) is 4.79 Å². The van der Waals surface area contributed by atoms with Gasteiger partial charge in [-0.25, -0.2) is 4.79 Å². The van der Waals surface area contributed by atoms with Crippen LogP contribution < -0.4 is 0 Å². The minimum atomic E-state index is -0.665. The van der Waals surface area contributed by atoms with Gasteiger partial charge in [0, 0.05) is 17.0 Å². The van der Waals surface area contributed by atoms with Crippen molar-refractivity contribution in [1.82, 2.24) is 0 Å². The Hall–Kier alpha value is -0.240. The van der Waals surface area contributed by atoms with Crippen LogP contribution in [-0.2, 0) is 4.74 Å². The molecule has 0 saturated heterocycles. The van der Waals surface area contributed by atoms with Gasteiger partial charge in [-0.05, 0) is 25.7 Å². The molecule has 1 aliphatic carbocycles. The summed E-state index contributed by atoms with van der Waals surface area (Å²) in [6.07, 6.45) is 5.37. The Morgan fingerprint density at radius 3 is 2.07 bits per heavy atom. The van der Waals surface area contributed by atoms with E-state index in [-0.39, 0.29) is 11.0 Å². The minimum Gasteiger partial charge on any atom is -0.447 e. The van der Waals surface area contributed by atoms with Gasteiger partial charge in [-0.2, -0.15) is 0 Å². The molecule has 14 heavy (non-hydrogen) atoms. The third kappa shape index (κ3) is 2.41. The van der Waals surface area contributed by atoms with Crippen molar-refractivity contribution in [1.29, 1.82) is 0 Å². The third-order valence-electron chi connectivity index (χ3n) is 3.30. The summed E-state index contributed by atoms with van der Waals surface area (Å²) in [6, 6.07) is 0. The normalized spacial score (nSPS) is 21.7. The molecule has 0 aromatic carbocycles. The minimum absolute atomic E-state index is 0.0298. The molecule has 0 aromatic heterocycles. The molecule has 0 N–H and O–H groups in total. The fraction of sp³-hybridized carbons (Fsp3) is 0.909. The van der Waals surface area contributed by atoms with Crippen LogP contribution in [0.15, 0.2) is 0 Å². The number of hydrogen-bond donors (Lipinski definition) is 0. The van der Waals surface area contributed by atoms with E-state index >= 15 is 0 Å². The summed E-state index contributed by atoms with van der Waals surface area (Å²) >= 11 is 5.35. The van der Waals surface area contributed by atoms with Crippen molar-refractivity contribution in [3.8, 4) is 0 Å². The molecule has 0 amide bonds. The predicted octanol–water partition coefficient (Wildman–Crippen LogP) is 4.11. The number of ether oxygens (including phenoxy) is 1. The monoisotopic (exact) mass is 218 g/mol. The molecule has 0 aliphatic heterocycles. The van der Waals surface area contributed by atoms with Crippen molar-refractivity contribution < 1.29 is 9.53 Å². The lowest BCUT2D eigenvalue weighted by Gasteiger charge is -2.45. The molecule has 82 valence electrons. The van der Waals surface area contributed by atoms with E-state index in [1.54, 1.807) is 0 Å². The average Bonchev–Trinajstić information content (AvgIpc) is 2.02. The zero-order chi connectivity index (χ0) is 10.8. The zero-order valence-corrected chi connectivity index (χ0v) is 9.99. The largest absolute Gasteiger partial charge is 0.447 e. The molecular formula is C11H19ClO2. The van der Waals surface area contributed by atoms with E-state index < -0.39 is 5.43 Å². The smallest absolute Gasteiger partial charge is 0.404 e. The molecule has 0 heterocycles. The Labute approximate surface area is 91.0 Å². The standard InChI is InChI=1S/C11H19ClO2/c1-10(2,3)11(14-9(12)13)7-5-4-6-8-11/h4-8H2,1-3H3. The highest BCUT2D eigenvalue weighted by molar-refractivity contribution is 6.61. The number of rotatable bonds is 1. The first-order valence-corrected chi connectivity index (χ1v) is 5.64. The van der Waals surface area contributed by atoms with E-state index in [2.05, 4.69) is 20.8 Å². The quantitative estimate of drug-likeness (QED) is 0.619. The lowest BCUT2D eigenvalue weighted by molar-refractivity contribution is -0.0833. The van der Waals surface area contributed by atoms with Crippen LogP contribution in [0.5, 0.6) is 0 Å². The molecule has 0 atom stereocenters. The van der Waals surface area contributed by atoms with Crippen molar-refractivity contribution >= 4 is 17.0 Å². The Morgan fingerprint density at radius 2 is 1.71 bits per heavy atom. The summed E-state index contributed by atoms with van der Waals surface area (Å²) in [7, 11) is 0. The summed E-state index contributed by atoms with van der Waals surface area (Å²) in [6.45, 7) is 6.33. The lowest BCUT2D eigenvalue weighted by atomic mass is 9.68. The van der Waals surface area contributed by atoms with Gasteiger partial charge < -0.3 is 4.74 Å². The molecule has 1 aliphatic rings. The molecule has 0 bridgehead atoms. The van der Waals surface area contributed by atoms with E-state index in [4.69, 9.17) is 16.3 Å². The van der Waals surface area contributed by atoms with Gasteiger partial charge in [0.15, 0.2) is 0 Å². The molecule has 0 spiro atoms. The highest BCUT2D eigenvalue weighted by Gasteiger charge is 2.45. The lowest BCUT2D eigenvalue weighted by Crippen LogP contribution is -2.47. The Morgan fingerprint density at radius 1 is 1.21 bits per heavy atom. The topological polar surface area (TPSA) is 26.3 Å². The first-order valence-electron chi connectivity index (χ1n) is 5.26. The van der Waals surface area contributed by atoms with Crippen LogP contribution in [0.2, 0.25) is 0 Å². The van der Waals surface area contributed by atoms with Gasteiger partial charge in [0.1, 0.15) is 5.60 Å². The predicted molar refractivity (Wildman–Crippen MR) is 57.6 cm³/mol. The van der Waals surface area contributed by atoms with Crippen LogP contribution >= 0.6 is 11.6 Å². The Balaban J connectivity index is 2.83. The van der Waals surface area contributed by atoms with Gasteiger partial charge in [0.25, 0.3) is 0 Å². The Kier molecular flexibility index (Phi) is 3.46. The molecule has 1 rings (SSSR count). The van der Waals surface area contributed by atoms with Crippen molar-refractivity contribution in [2.45, 2.75) is 58.5 Å². The Bertz CT molecular complexity index is 212. The maximum atomic E-state index is 10.9. The second kappa shape index (κ2) is 4.09. The van der Waals surface area contributed by atoms with Crippen LogP contribution in [-0.4, -0.2) is 11.0 Å². The average molecular weight is 219 g/mol. The number of carbonyl (C=O) groups excluding carboxylic acids is 1. The van der Waals surface area contributed by atoms with E-state index in [0.717, 1.165) is 25.7 Å². The van der Waals surface area contributed by atoms with Gasteiger partial charge in [-0.3, -0.25) is 0 Å². The number of halogens is 1. The highest BCUT2D eigenvalue weighted by atomic mass is 35.5. The summed E-state index contributed by atoms with van der Waals surface area (Å²) < 4.78 is 5.37. The van der Waals surface area contributed by atoms with Crippen LogP contribution in [0.1, 0.15) is 52.9 Å². The molecule has 0 aromatic rings. The van der Waals surface area contributed by atoms with Crippen LogP contribution in [0.25, 0.3) is 0 Å². The molecule has 2 nitrogen and oxygen atoms in total. The second-order valence-corrected chi connectivity index (χ2v) is 5.45. The first kappa shape index (κ1) is 11.8. The van der Waals surface area contributed by atoms with Gasteiger partial charge in [0.05, 0.1) is 0 Å².